The zero-order valence-corrected chi connectivity index (χ0v) is 5.44. The van der Waals surface area contributed by atoms with E-state index in [0.29, 0.717) is 13.0 Å². The molecular formula is C7H9O2. The Hall–Kier alpha value is -0.970. The second kappa shape index (κ2) is 5.17. The van der Waals surface area contributed by atoms with Gasteiger partial charge < -0.3 is 4.74 Å². The summed E-state index contributed by atoms with van der Waals surface area (Å²) in [5.74, 6) is 4.29. The molecule has 0 aliphatic rings. The van der Waals surface area contributed by atoms with E-state index in [2.05, 4.69) is 23.5 Å². The van der Waals surface area contributed by atoms with Crippen LogP contribution in [0.4, 0.5) is 0 Å². The molecule has 1 radical (unpaired) electrons. The van der Waals surface area contributed by atoms with Gasteiger partial charge in [-0.15, -0.1) is 0 Å². The van der Waals surface area contributed by atoms with Gasteiger partial charge in [-0.25, -0.2) is 4.79 Å². The fourth-order valence-electron chi connectivity index (χ4n) is 0.302. The molecule has 0 aromatic carbocycles. The average Bonchev–Trinajstić information content (AvgIpc) is 1.85. The van der Waals surface area contributed by atoms with Crippen LogP contribution in [0.1, 0.15) is 13.3 Å². The van der Waals surface area contributed by atoms with Crippen LogP contribution in [0.2, 0.25) is 0 Å². The monoisotopic (exact) mass is 125 g/mol. The molecule has 0 rings (SSSR count). The summed E-state index contributed by atoms with van der Waals surface area (Å²) in [5.41, 5.74) is 0. The summed E-state index contributed by atoms with van der Waals surface area (Å²) in [5, 5.41) is 0. The Balaban J connectivity index is 3.49. The van der Waals surface area contributed by atoms with Crippen LogP contribution in [-0.2, 0) is 9.53 Å². The molecule has 0 spiro atoms. The van der Waals surface area contributed by atoms with Crippen molar-refractivity contribution in [3.05, 3.63) is 6.92 Å². The second-order valence-corrected chi connectivity index (χ2v) is 1.27. The average molecular weight is 125 g/mol. The molecule has 0 bridgehead atoms. The lowest BCUT2D eigenvalue weighted by Gasteiger charge is -1.89. The molecule has 0 N–H and O–H groups in total. The highest BCUT2D eigenvalue weighted by Gasteiger charge is 1.89. The van der Waals surface area contributed by atoms with Gasteiger partial charge >= 0.3 is 5.97 Å². The Morgan fingerprint density at radius 1 is 1.78 bits per heavy atom. The SMILES string of the molecule is [CH2]CC#CC(=O)OCC. The summed E-state index contributed by atoms with van der Waals surface area (Å²) in [6.07, 6.45) is 0.443. The largest absolute Gasteiger partial charge is 0.456 e. The molecule has 0 aliphatic carbocycles. The van der Waals surface area contributed by atoms with Crippen molar-refractivity contribution < 1.29 is 9.53 Å². The van der Waals surface area contributed by atoms with Crippen molar-refractivity contribution in [1.29, 1.82) is 0 Å². The van der Waals surface area contributed by atoms with Crippen molar-refractivity contribution in [2.24, 2.45) is 0 Å². The topological polar surface area (TPSA) is 26.3 Å². The van der Waals surface area contributed by atoms with E-state index in [-0.39, 0.29) is 0 Å². The van der Waals surface area contributed by atoms with Crippen molar-refractivity contribution in [1.82, 2.24) is 0 Å². The number of carbonyl (C=O) groups excluding carboxylic acids is 1. The molecule has 49 valence electrons. The smallest absolute Gasteiger partial charge is 0.384 e. The van der Waals surface area contributed by atoms with Crippen LogP contribution in [0.3, 0.4) is 0 Å². The van der Waals surface area contributed by atoms with Gasteiger partial charge in [0.05, 0.1) is 6.61 Å². The van der Waals surface area contributed by atoms with Crippen LogP contribution in [0.25, 0.3) is 0 Å². The van der Waals surface area contributed by atoms with Crippen LogP contribution in [0, 0.1) is 18.8 Å². The number of esters is 1. The molecule has 0 fully saturated rings. The van der Waals surface area contributed by atoms with Gasteiger partial charge in [0, 0.05) is 12.3 Å². The standard InChI is InChI=1S/C7H9O2/c1-3-5-6-7(8)9-4-2/h1,3-4H2,2H3. The van der Waals surface area contributed by atoms with E-state index < -0.39 is 5.97 Å². The van der Waals surface area contributed by atoms with Crippen LogP contribution in [-0.4, -0.2) is 12.6 Å². The maximum Gasteiger partial charge on any atom is 0.384 e. The van der Waals surface area contributed by atoms with Gasteiger partial charge in [0.15, 0.2) is 0 Å². The number of rotatable bonds is 1. The molecule has 2 nitrogen and oxygen atoms in total. The normalized spacial score (nSPS) is 7.33. The Bertz CT molecular complexity index is 139. The minimum absolute atomic E-state index is 0.380. The highest BCUT2D eigenvalue weighted by atomic mass is 16.5. The van der Waals surface area contributed by atoms with Gasteiger partial charge in [0.2, 0.25) is 0 Å². The minimum atomic E-state index is -0.471. The molecule has 9 heavy (non-hydrogen) atoms. The molecule has 0 atom stereocenters. The lowest BCUT2D eigenvalue weighted by atomic mass is 10.5. The summed E-state index contributed by atoms with van der Waals surface area (Å²) >= 11 is 0. The summed E-state index contributed by atoms with van der Waals surface area (Å²) in [6.45, 7) is 5.56. The molecule has 0 aromatic rings. The molecule has 0 aliphatic heterocycles. The highest BCUT2D eigenvalue weighted by molar-refractivity contribution is 5.88. The minimum Gasteiger partial charge on any atom is -0.456 e. The van der Waals surface area contributed by atoms with Crippen molar-refractivity contribution in [2.75, 3.05) is 6.61 Å². The van der Waals surface area contributed by atoms with Crippen molar-refractivity contribution in [2.45, 2.75) is 13.3 Å². The van der Waals surface area contributed by atoms with Crippen LogP contribution in [0.5, 0.6) is 0 Å². The van der Waals surface area contributed by atoms with E-state index in [1.807, 2.05) is 0 Å². The predicted molar refractivity (Wildman–Crippen MR) is 34.4 cm³/mol. The van der Waals surface area contributed by atoms with Gasteiger partial charge in [0.1, 0.15) is 0 Å². The number of carbonyl (C=O) groups is 1. The van der Waals surface area contributed by atoms with Crippen LogP contribution >= 0.6 is 0 Å². The van der Waals surface area contributed by atoms with E-state index >= 15 is 0 Å². The summed E-state index contributed by atoms with van der Waals surface area (Å²) in [6, 6.07) is 0. The quantitative estimate of drug-likeness (QED) is 0.294. The summed E-state index contributed by atoms with van der Waals surface area (Å²) in [4.78, 5) is 10.4. The Morgan fingerprint density at radius 3 is 2.89 bits per heavy atom. The summed E-state index contributed by atoms with van der Waals surface area (Å²) < 4.78 is 4.50. The maximum absolute atomic E-state index is 10.4. The van der Waals surface area contributed by atoms with E-state index in [1.54, 1.807) is 6.92 Å². The second-order valence-electron chi connectivity index (χ2n) is 1.27. The molecule has 0 saturated heterocycles. The molecule has 0 heterocycles. The van der Waals surface area contributed by atoms with Gasteiger partial charge in [-0.05, 0) is 13.8 Å². The number of hydrogen-bond donors (Lipinski definition) is 0. The van der Waals surface area contributed by atoms with E-state index in [1.165, 1.54) is 0 Å². The molecule has 0 saturated carbocycles. The third-order valence-corrected chi connectivity index (χ3v) is 0.591. The molecule has 0 amide bonds. The highest BCUT2D eigenvalue weighted by Crippen LogP contribution is 1.74. The van der Waals surface area contributed by atoms with Gasteiger partial charge in [-0.3, -0.25) is 0 Å². The third kappa shape index (κ3) is 4.89. The molecule has 0 unspecified atom stereocenters. The van der Waals surface area contributed by atoms with Gasteiger partial charge in [0.25, 0.3) is 0 Å². The molecule has 0 aromatic heterocycles. The first-order valence-corrected chi connectivity index (χ1v) is 2.76. The van der Waals surface area contributed by atoms with E-state index in [9.17, 15) is 4.79 Å². The lowest BCUT2D eigenvalue weighted by Crippen LogP contribution is -1.99. The first-order valence-electron chi connectivity index (χ1n) is 2.76. The van der Waals surface area contributed by atoms with Crippen LogP contribution < -0.4 is 0 Å². The first-order chi connectivity index (χ1) is 4.31. The fourth-order valence-corrected chi connectivity index (χ4v) is 0.302. The zero-order valence-electron chi connectivity index (χ0n) is 5.44. The maximum atomic E-state index is 10.4. The van der Waals surface area contributed by atoms with Crippen LogP contribution in [0.15, 0.2) is 0 Å². The van der Waals surface area contributed by atoms with Crippen molar-refractivity contribution >= 4 is 5.97 Å². The predicted octanol–water partition coefficient (Wildman–Crippen LogP) is 0.777. The van der Waals surface area contributed by atoms with Gasteiger partial charge in [-0.1, -0.05) is 5.92 Å². The fraction of sp³-hybridized carbons (Fsp3) is 0.429. The Kier molecular flexibility index (Phi) is 4.61. The first kappa shape index (κ1) is 8.03. The van der Waals surface area contributed by atoms with Crippen molar-refractivity contribution in [3.63, 3.8) is 0 Å². The Labute approximate surface area is 55.2 Å². The number of hydrogen-bond acceptors (Lipinski definition) is 2. The molecule has 2 heteroatoms. The lowest BCUT2D eigenvalue weighted by molar-refractivity contribution is -0.136. The number of ether oxygens (including phenoxy) is 1. The zero-order chi connectivity index (χ0) is 7.11. The van der Waals surface area contributed by atoms with E-state index in [0.717, 1.165) is 0 Å². The third-order valence-electron chi connectivity index (χ3n) is 0.591. The summed E-state index contributed by atoms with van der Waals surface area (Å²) in [7, 11) is 0. The van der Waals surface area contributed by atoms with Crippen molar-refractivity contribution in [3.8, 4) is 11.8 Å². The molecular weight excluding hydrogens is 116 g/mol. The van der Waals surface area contributed by atoms with E-state index in [4.69, 9.17) is 0 Å². The Morgan fingerprint density at radius 2 is 2.44 bits per heavy atom. The van der Waals surface area contributed by atoms with Gasteiger partial charge in [-0.2, -0.15) is 0 Å².